The minimum absolute atomic E-state index is 0.0504. The number of benzene rings is 1. The molecule has 1 saturated heterocycles. The van der Waals surface area contributed by atoms with Gasteiger partial charge in [0, 0.05) is 36.0 Å². The van der Waals surface area contributed by atoms with Crippen LogP contribution in [-0.2, 0) is 11.2 Å². The highest BCUT2D eigenvalue weighted by Gasteiger charge is 2.45. The molecule has 9 nitrogen and oxygen atoms in total. The van der Waals surface area contributed by atoms with E-state index in [9.17, 15) is 20.4 Å². The lowest BCUT2D eigenvalue weighted by Gasteiger charge is -2.39. The molecule has 1 aliphatic rings. The van der Waals surface area contributed by atoms with Gasteiger partial charge in [0.05, 0.1) is 15.4 Å². The molecule has 1 fully saturated rings. The Morgan fingerprint density at radius 2 is 1.88 bits per heavy atom. The molecule has 0 spiro atoms. The molecule has 2 aromatic rings. The summed E-state index contributed by atoms with van der Waals surface area (Å²) < 4.78 is 105. The highest BCUT2D eigenvalue weighted by Crippen LogP contribution is 2.31. The Morgan fingerprint density at radius 3 is 2.47 bits per heavy atom. The Kier molecular flexibility index (Phi) is 4.30. The first kappa shape index (κ1) is 13.5. The van der Waals surface area contributed by atoms with Gasteiger partial charge in [-0.3, -0.25) is 4.68 Å². The third-order valence-electron chi connectivity index (χ3n) is 4.86. The molecule has 1 aliphatic heterocycles. The van der Waals surface area contributed by atoms with E-state index in [2.05, 4.69) is 5.10 Å². The summed E-state index contributed by atoms with van der Waals surface area (Å²) in [4.78, 5) is 0. The largest absolute Gasteiger partial charge is 0.491 e. The first-order valence-corrected chi connectivity index (χ1v) is 9.80. The Bertz CT molecular complexity index is 1240. The van der Waals surface area contributed by atoms with Crippen LogP contribution in [0.15, 0.2) is 24.3 Å². The fourth-order valence-electron chi connectivity index (χ4n) is 3.24. The number of aromatic nitrogens is 2. The van der Waals surface area contributed by atoms with Crippen LogP contribution in [0.3, 0.4) is 0 Å². The predicted molar refractivity (Wildman–Crippen MR) is 117 cm³/mol. The van der Waals surface area contributed by atoms with Crippen molar-refractivity contribution in [1.29, 1.82) is 0 Å². The second kappa shape index (κ2) is 10.2. The zero-order chi connectivity index (χ0) is 32.9. The molecule has 32 heavy (non-hydrogen) atoms. The van der Waals surface area contributed by atoms with Gasteiger partial charge in [0.25, 0.3) is 0 Å². The zero-order valence-electron chi connectivity index (χ0n) is 28.5. The molecular weight excluding hydrogens is 416 g/mol. The molecule has 9 heteroatoms. The van der Waals surface area contributed by atoms with Crippen LogP contribution in [0.1, 0.15) is 65.5 Å². The summed E-state index contributed by atoms with van der Waals surface area (Å²) >= 11 is 0. The van der Waals surface area contributed by atoms with Crippen LogP contribution in [0, 0.1) is 6.85 Å². The van der Waals surface area contributed by atoms with E-state index in [-0.39, 0.29) is 11.1 Å². The maximum atomic E-state index is 10.5. The van der Waals surface area contributed by atoms with Gasteiger partial charge in [0.15, 0.2) is 0 Å². The van der Waals surface area contributed by atoms with Crippen LogP contribution in [0.5, 0.6) is 11.6 Å². The van der Waals surface area contributed by atoms with E-state index in [0.717, 1.165) is 0 Å². The summed E-state index contributed by atoms with van der Waals surface area (Å²) in [6.45, 7) is -8.38. The van der Waals surface area contributed by atoms with Crippen molar-refractivity contribution in [2.45, 2.75) is 83.6 Å². The molecule has 0 amide bonds. The van der Waals surface area contributed by atoms with Gasteiger partial charge in [-0.1, -0.05) is 12.1 Å². The Hall–Kier alpha value is -2.17. The molecular formula is C23H34N2O7. The predicted octanol–water partition coefficient (Wildman–Crippen LogP) is 1.33. The highest BCUT2D eigenvalue weighted by molar-refractivity contribution is 5.38. The van der Waals surface area contributed by atoms with Gasteiger partial charge in [-0.05, 0) is 52.1 Å². The topological polar surface area (TPSA) is 126 Å². The van der Waals surface area contributed by atoms with Crippen molar-refractivity contribution in [3.63, 3.8) is 0 Å². The molecule has 0 bridgehead atoms. The third kappa shape index (κ3) is 5.24. The maximum Gasteiger partial charge on any atom is 0.239 e. The van der Waals surface area contributed by atoms with Gasteiger partial charge in [-0.25, -0.2) is 0 Å². The van der Waals surface area contributed by atoms with E-state index >= 15 is 0 Å². The monoisotopic (exact) mass is 461 g/mol. The molecule has 178 valence electrons. The minimum atomic E-state index is -3.65. The molecule has 1 aromatic carbocycles. The fraction of sp³-hybridized carbons (Fsp3) is 0.609. The van der Waals surface area contributed by atoms with Crippen LogP contribution in [0.4, 0.5) is 0 Å². The van der Waals surface area contributed by atoms with Gasteiger partial charge >= 0.3 is 0 Å². The average Bonchev–Trinajstić information content (AvgIpc) is 3.21. The second-order valence-corrected chi connectivity index (χ2v) is 7.54. The van der Waals surface area contributed by atoms with E-state index in [1.165, 1.54) is 38.1 Å². The van der Waals surface area contributed by atoms with Crippen molar-refractivity contribution in [1.82, 2.24) is 9.78 Å². The van der Waals surface area contributed by atoms with Crippen molar-refractivity contribution >= 4 is 0 Å². The normalized spacial score (nSPS) is 32.9. The summed E-state index contributed by atoms with van der Waals surface area (Å²) in [5.41, 5.74) is -0.990. The molecule has 5 atom stereocenters. The smallest absolute Gasteiger partial charge is 0.239 e. The van der Waals surface area contributed by atoms with Crippen LogP contribution in [0.25, 0.3) is 0 Å². The molecule has 4 N–H and O–H groups in total. The summed E-state index contributed by atoms with van der Waals surface area (Å²) in [7, 11) is 0. The zero-order valence-corrected chi connectivity index (χ0v) is 17.5. The standard InChI is InChI=1S/C23H34N2O7/c1-12(2)25-14(5)17(10-15-6-8-16(9-7-15)30-13(3)4)22(24-25)32-23-21(29)20(28)19(27)18(11-26)31-23/h6-9,12-13,18-21,23,26-29H,10-11H2,1-5H3/t18-,19-,20+,21-,23+/m1/s1/i1D3,2D3,5D3,12D,13D. The van der Waals surface area contributed by atoms with E-state index in [1.807, 2.05) is 0 Å². The van der Waals surface area contributed by atoms with Gasteiger partial charge in [-0.2, -0.15) is 0 Å². The van der Waals surface area contributed by atoms with E-state index < -0.39 is 87.1 Å². The van der Waals surface area contributed by atoms with Gasteiger partial charge in [-0.15, -0.1) is 5.10 Å². The third-order valence-corrected chi connectivity index (χ3v) is 4.86. The molecule has 0 radical (unpaired) electrons. The van der Waals surface area contributed by atoms with Crippen molar-refractivity contribution in [3.05, 3.63) is 41.1 Å². The number of ether oxygens (including phenoxy) is 3. The minimum Gasteiger partial charge on any atom is -0.491 e. The van der Waals surface area contributed by atoms with Crippen LogP contribution in [-0.4, -0.2) is 73.6 Å². The molecule has 0 saturated carbocycles. The molecule has 2 heterocycles. The van der Waals surface area contributed by atoms with Gasteiger partial charge in [0.2, 0.25) is 12.2 Å². The van der Waals surface area contributed by atoms with Crippen molar-refractivity contribution in [3.8, 4) is 11.6 Å². The van der Waals surface area contributed by atoms with E-state index in [4.69, 9.17) is 29.3 Å². The summed E-state index contributed by atoms with van der Waals surface area (Å²) in [6.07, 6.45) is -10.7. The van der Waals surface area contributed by atoms with E-state index in [0.29, 0.717) is 11.3 Å². The Labute approximate surface area is 203 Å². The number of hydrogen-bond donors (Lipinski definition) is 4. The quantitative estimate of drug-likeness (QED) is 0.464. The summed E-state index contributed by atoms with van der Waals surface area (Å²) in [6, 6.07) is 2.29. The average molecular weight is 462 g/mol. The Balaban J connectivity index is 2.25. The summed E-state index contributed by atoms with van der Waals surface area (Å²) in [5.74, 6) is -0.448. The van der Waals surface area contributed by atoms with Crippen LogP contribution < -0.4 is 9.47 Å². The lowest BCUT2D eigenvalue weighted by atomic mass is 9.99. The van der Waals surface area contributed by atoms with Crippen molar-refractivity contribution in [2.75, 3.05) is 6.61 Å². The second-order valence-electron chi connectivity index (χ2n) is 7.54. The molecule has 3 rings (SSSR count). The lowest BCUT2D eigenvalue weighted by molar-refractivity contribution is -0.278. The number of aliphatic hydroxyl groups excluding tert-OH is 4. The highest BCUT2D eigenvalue weighted by atomic mass is 16.7. The fourth-order valence-corrected chi connectivity index (χ4v) is 3.24. The lowest BCUT2D eigenvalue weighted by Crippen LogP contribution is -2.60. The number of rotatable bonds is 8. The number of aliphatic hydroxyl groups is 4. The van der Waals surface area contributed by atoms with Crippen molar-refractivity contribution < 1.29 is 49.7 Å². The Morgan fingerprint density at radius 1 is 1.16 bits per heavy atom. The van der Waals surface area contributed by atoms with Crippen LogP contribution in [0.2, 0.25) is 0 Å². The molecule has 0 aliphatic carbocycles. The maximum absolute atomic E-state index is 10.5. The molecule has 0 unspecified atom stereocenters. The number of nitrogens with zero attached hydrogens (tertiary/aromatic N) is 2. The number of hydrogen-bond acceptors (Lipinski definition) is 8. The van der Waals surface area contributed by atoms with Crippen LogP contribution >= 0.6 is 0 Å². The first-order chi connectivity index (χ1) is 19.4. The van der Waals surface area contributed by atoms with Crippen molar-refractivity contribution in [2.24, 2.45) is 0 Å². The molecule has 1 aromatic heterocycles. The van der Waals surface area contributed by atoms with Gasteiger partial charge < -0.3 is 34.6 Å². The summed E-state index contributed by atoms with van der Waals surface area (Å²) in [5, 5.41) is 44.2. The van der Waals surface area contributed by atoms with E-state index in [1.54, 1.807) is 0 Å². The first-order valence-electron chi connectivity index (χ1n) is 15.3. The van der Waals surface area contributed by atoms with Gasteiger partial charge in [0.1, 0.15) is 30.2 Å². The SMILES string of the molecule is [2H]C(C)(C)Oc1ccc(Cc2c(O[C@@H]3O[C@H](CO)[C@@H](O)[C@H](O)[C@H]3O)nn(C([2H])(C([2H])([2H])[2H])C([2H])([2H])[2H])c2C([2H])([2H])[2H])cc1.